The maximum absolute atomic E-state index is 6.31. The minimum Gasteiger partial charge on any atom is -0.365 e. The lowest BCUT2D eigenvalue weighted by atomic mass is 9.91. The van der Waals surface area contributed by atoms with Crippen LogP contribution in [0.5, 0.6) is 0 Å². The molecule has 0 saturated carbocycles. The van der Waals surface area contributed by atoms with Crippen LogP contribution in [0.4, 0.5) is 0 Å². The molecule has 0 radical (unpaired) electrons. The molecule has 2 rings (SSSR count). The van der Waals surface area contributed by atoms with Gasteiger partial charge in [0.2, 0.25) is 0 Å². The molecule has 1 fully saturated rings. The van der Waals surface area contributed by atoms with Gasteiger partial charge < -0.3 is 10.1 Å². The van der Waals surface area contributed by atoms with Crippen LogP contribution in [-0.2, 0) is 4.74 Å². The van der Waals surface area contributed by atoms with Gasteiger partial charge in [-0.2, -0.15) is 0 Å². The van der Waals surface area contributed by atoms with Gasteiger partial charge in [-0.15, -0.1) is 0 Å². The fraction of sp³-hybridized carbons (Fsp3) is 0.600. The Bertz CT molecular complexity index is 349. The lowest BCUT2D eigenvalue weighted by Gasteiger charge is -2.40. The van der Waals surface area contributed by atoms with Crippen molar-refractivity contribution in [3.63, 3.8) is 0 Å². The molecule has 0 amide bonds. The molecule has 1 N–H and O–H groups in total. The quantitative estimate of drug-likeness (QED) is 0.866. The van der Waals surface area contributed by atoms with Gasteiger partial charge in [0.1, 0.15) is 0 Å². The molecule has 2 nitrogen and oxygen atoms in total. The molecule has 2 atom stereocenters. The van der Waals surface area contributed by atoms with Crippen molar-refractivity contribution < 1.29 is 4.74 Å². The van der Waals surface area contributed by atoms with Crippen LogP contribution in [0.15, 0.2) is 30.3 Å². The lowest BCUT2D eigenvalue weighted by Crippen LogP contribution is -2.49. The SMILES string of the molecule is CC(C)CC1(C)CNCC(c2ccccc2)O1. The van der Waals surface area contributed by atoms with Gasteiger partial charge >= 0.3 is 0 Å². The number of nitrogens with one attached hydrogen (secondary N) is 1. The van der Waals surface area contributed by atoms with E-state index in [2.05, 4.69) is 50.4 Å². The van der Waals surface area contributed by atoms with Crippen LogP contribution in [0.1, 0.15) is 38.9 Å². The minimum absolute atomic E-state index is 0.0348. The Balaban J connectivity index is 2.07. The maximum atomic E-state index is 6.31. The van der Waals surface area contributed by atoms with Crippen LogP contribution >= 0.6 is 0 Å². The monoisotopic (exact) mass is 233 g/mol. The molecular weight excluding hydrogens is 210 g/mol. The fourth-order valence-corrected chi connectivity index (χ4v) is 2.73. The van der Waals surface area contributed by atoms with E-state index in [9.17, 15) is 0 Å². The number of morpholine rings is 1. The molecular formula is C15H23NO. The van der Waals surface area contributed by atoms with Gasteiger partial charge in [-0.25, -0.2) is 0 Å². The van der Waals surface area contributed by atoms with Crippen molar-refractivity contribution in [2.75, 3.05) is 13.1 Å². The summed E-state index contributed by atoms with van der Waals surface area (Å²) in [5, 5.41) is 3.50. The van der Waals surface area contributed by atoms with Gasteiger partial charge in [0, 0.05) is 13.1 Å². The van der Waals surface area contributed by atoms with Crippen molar-refractivity contribution in [1.29, 1.82) is 0 Å². The summed E-state index contributed by atoms with van der Waals surface area (Å²) in [5.41, 5.74) is 1.24. The summed E-state index contributed by atoms with van der Waals surface area (Å²) in [7, 11) is 0. The first kappa shape index (κ1) is 12.6. The van der Waals surface area contributed by atoms with Crippen LogP contribution in [0.2, 0.25) is 0 Å². The van der Waals surface area contributed by atoms with Crippen molar-refractivity contribution in [3.05, 3.63) is 35.9 Å². The first-order chi connectivity index (χ1) is 8.09. The number of hydrogen-bond donors (Lipinski definition) is 1. The van der Waals surface area contributed by atoms with Crippen LogP contribution in [-0.4, -0.2) is 18.7 Å². The zero-order valence-electron chi connectivity index (χ0n) is 11.1. The summed E-state index contributed by atoms with van der Waals surface area (Å²) in [4.78, 5) is 0. The molecule has 0 aromatic heterocycles. The van der Waals surface area contributed by atoms with Crippen molar-refractivity contribution in [2.45, 2.75) is 38.9 Å². The van der Waals surface area contributed by atoms with Crippen LogP contribution in [0, 0.1) is 5.92 Å². The third-order valence-electron chi connectivity index (χ3n) is 3.27. The number of ether oxygens (including phenoxy) is 1. The normalized spacial score (nSPS) is 29.5. The topological polar surface area (TPSA) is 21.3 Å². The Morgan fingerprint density at radius 1 is 1.35 bits per heavy atom. The lowest BCUT2D eigenvalue weighted by molar-refractivity contribution is -0.117. The van der Waals surface area contributed by atoms with Gasteiger partial charge in [0.15, 0.2) is 0 Å². The number of rotatable bonds is 3. The summed E-state index contributed by atoms with van der Waals surface area (Å²) in [6, 6.07) is 10.5. The van der Waals surface area contributed by atoms with E-state index in [-0.39, 0.29) is 11.7 Å². The molecule has 1 saturated heterocycles. The highest BCUT2D eigenvalue weighted by atomic mass is 16.5. The smallest absolute Gasteiger partial charge is 0.0957 e. The van der Waals surface area contributed by atoms with E-state index in [1.807, 2.05) is 6.07 Å². The molecule has 1 aliphatic rings. The van der Waals surface area contributed by atoms with Crippen LogP contribution < -0.4 is 5.32 Å². The van der Waals surface area contributed by atoms with E-state index >= 15 is 0 Å². The summed E-state index contributed by atoms with van der Waals surface area (Å²) < 4.78 is 6.31. The zero-order valence-corrected chi connectivity index (χ0v) is 11.1. The van der Waals surface area contributed by atoms with Crippen molar-refractivity contribution in [1.82, 2.24) is 5.32 Å². The predicted molar refractivity (Wildman–Crippen MR) is 71.0 cm³/mol. The molecule has 1 aromatic carbocycles. The van der Waals surface area contributed by atoms with Gasteiger partial charge in [0.25, 0.3) is 0 Å². The van der Waals surface area contributed by atoms with E-state index in [0.717, 1.165) is 19.5 Å². The third kappa shape index (κ3) is 3.30. The number of benzene rings is 1. The van der Waals surface area contributed by atoms with Gasteiger partial charge in [-0.05, 0) is 24.8 Å². The largest absolute Gasteiger partial charge is 0.365 e. The average molecular weight is 233 g/mol. The summed E-state index contributed by atoms with van der Waals surface area (Å²) in [6.07, 6.45) is 1.29. The molecule has 94 valence electrons. The highest BCUT2D eigenvalue weighted by Crippen LogP contribution is 2.31. The summed E-state index contributed by atoms with van der Waals surface area (Å²) >= 11 is 0. The zero-order chi connectivity index (χ0) is 12.3. The molecule has 0 spiro atoms. The second kappa shape index (κ2) is 5.19. The predicted octanol–water partition coefficient (Wildman–Crippen LogP) is 3.15. The van der Waals surface area contributed by atoms with Crippen LogP contribution in [0.3, 0.4) is 0 Å². The van der Waals surface area contributed by atoms with E-state index in [4.69, 9.17) is 4.74 Å². The molecule has 2 unspecified atom stereocenters. The average Bonchev–Trinajstić information content (AvgIpc) is 2.28. The van der Waals surface area contributed by atoms with Crippen molar-refractivity contribution in [2.24, 2.45) is 5.92 Å². The highest BCUT2D eigenvalue weighted by Gasteiger charge is 2.33. The second-order valence-electron chi connectivity index (χ2n) is 5.70. The third-order valence-corrected chi connectivity index (χ3v) is 3.27. The Morgan fingerprint density at radius 2 is 2.06 bits per heavy atom. The second-order valence-corrected chi connectivity index (χ2v) is 5.70. The standard InChI is InChI=1S/C15H23NO/c1-12(2)9-15(3)11-16-10-14(17-15)13-7-5-4-6-8-13/h4-8,12,14,16H,9-11H2,1-3H3. The Morgan fingerprint density at radius 3 is 2.71 bits per heavy atom. The Hall–Kier alpha value is -0.860. The van der Waals surface area contributed by atoms with E-state index in [1.54, 1.807) is 0 Å². The highest BCUT2D eigenvalue weighted by molar-refractivity contribution is 5.18. The number of hydrogen-bond acceptors (Lipinski definition) is 2. The van der Waals surface area contributed by atoms with E-state index < -0.39 is 0 Å². The summed E-state index contributed by atoms with van der Waals surface area (Å²) in [6.45, 7) is 8.59. The van der Waals surface area contributed by atoms with Gasteiger partial charge in [0.05, 0.1) is 11.7 Å². The minimum atomic E-state index is -0.0348. The Kier molecular flexibility index (Phi) is 3.85. The van der Waals surface area contributed by atoms with Gasteiger partial charge in [-0.1, -0.05) is 44.2 Å². The maximum Gasteiger partial charge on any atom is 0.0957 e. The Labute approximate surface area is 104 Å². The molecule has 17 heavy (non-hydrogen) atoms. The van der Waals surface area contributed by atoms with E-state index in [0.29, 0.717) is 5.92 Å². The van der Waals surface area contributed by atoms with E-state index in [1.165, 1.54) is 5.56 Å². The molecule has 1 heterocycles. The fourth-order valence-electron chi connectivity index (χ4n) is 2.73. The molecule has 1 aliphatic heterocycles. The summed E-state index contributed by atoms with van der Waals surface area (Å²) in [5.74, 6) is 0.663. The van der Waals surface area contributed by atoms with Gasteiger partial charge in [-0.3, -0.25) is 0 Å². The first-order valence-electron chi connectivity index (χ1n) is 6.52. The molecule has 1 aromatic rings. The molecule has 2 heteroatoms. The van der Waals surface area contributed by atoms with Crippen molar-refractivity contribution in [3.8, 4) is 0 Å². The van der Waals surface area contributed by atoms with Crippen LogP contribution in [0.25, 0.3) is 0 Å². The van der Waals surface area contributed by atoms with Crippen molar-refractivity contribution >= 4 is 0 Å². The molecule has 0 bridgehead atoms. The molecule has 0 aliphatic carbocycles. The first-order valence-corrected chi connectivity index (χ1v) is 6.52.